The molecule has 0 radical (unpaired) electrons. The molecule has 3 aromatic rings. The van der Waals surface area contributed by atoms with Crippen LogP contribution in [0.3, 0.4) is 0 Å². The van der Waals surface area contributed by atoms with E-state index >= 15 is 0 Å². The van der Waals surface area contributed by atoms with Crippen molar-refractivity contribution in [1.82, 2.24) is 0 Å². The first-order valence-electron chi connectivity index (χ1n) is 11.3. The average Bonchev–Trinajstić information content (AvgIpc) is 3.29. The molecule has 3 aromatic carbocycles. The number of hydrogen-bond donors (Lipinski definition) is 0. The molecule has 1 amide bonds. The molecule has 1 fully saturated rings. The van der Waals surface area contributed by atoms with Crippen molar-refractivity contribution in [2.24, 2.45) is 5.92 Å². The molecule has 0 N–H and O–H groups in total. The summed E-state index contributed by atoms with van der Waals surface area (Å²) in [6.07, 6.45) is 0.00965. The second-order valence-electron chi connectivity index (χ2n) is 8.49. The zero-order chi connectivity index (χ0) is 26.5. The number of ether oxygens (including phenoxy) is 2. The first kappa shape index (κ1) is 25.2. The number of anilines is 1. The monoisotopic (exact) mass is 502 g/mol. The van der Waals surface area contributed by atoms with E-state index in [1.807, 2.05) is 31.2 Å². The Morgan fingerprint density at radius 1 is 0.946 bits per heavy atom. The number of aryl methyl sites for hydroxylation is 1. The molecule has 10 nitrogen and oxygen atoms in total. The van der Waals surface area contributed by atoms with Crippen molar-refractivity contribution < 1.29 is 33.6 Å². The minimum atomic E-state index is -0.714. The summed E-state index contributed by atoms with van der Waals surface area (Å²) in [7, 11) is 0. The number of esters is 2. The van der Waals surface area contributed by atoms with Crippen LogP contribution in [0.5, 0.6) is 5.75 Å². The van der Waals surface area contributed by atoms with E-state index in [9.17, 15) is 29.3 Å². The molecule has 0 bridgehead atoms. The Morgan fingerprint density at radius 3 is 2.19 bits per heavy atom. The van der Waals surface area contributed by atoms with Crippen molar-refractivity contribution in [3.05, 3.63) is 99.6 Å². The van der Waals surface area contributed by atoms with E-state index in [4.69, 9.17) is 9.47 Å². The number of amides is 1. The molecule has 188 valence electrons. The smallest absolute Gasteiger partial charge is 0.343 e. The number of carbonyl (C=O) groups is 4. The van der Waals surface area contributed by atoms with Gasteiger partial charge in [0.05, 0.1) is 16.4 Å². The third kappa shape index (κ3) is 6.04. The number of non-ortho nitro benzene ring substituents is 1. The van der Waals surface area contributed by atoms with Crippen molar-refractivity contribution in [3.63, 3.8) is 0 Å². The van der Waals surface area contributed by atoms with Gasteiger partial charge in [-0.3, -0.25) is 24.5 Å². The van der Waals surface area contributed by atoms with Gasteiger partial charge in [0, 0.05) is 36.3 Å². The van der Waals surface area contributed by atoms with Crippen molar-refractivity contribution in [1.29, 1.82) is 0 Å². The van der Waals surface area contributed by atoms with Crippen LogP contribution in [0.25, 0.3) is 0 Å². The van der Waals surface area contributed by atoms with E-state index in [1.165, 1.54) is 53.4 Å². The molecule has 0 saturated carbocycles. The topological polar surface area (TPSA) is 133 Å². The normalized spacial score (nSPS) is 14.8. The summed E-state index contributed by atoms with van der Waals surface area (Å²) < 4.78 is 10.4. The summed E-state index contributed by atoms with van der Waals surface area (Å²) in [6.45, 7) is 1.63. The highest BCUT2D eigenvalue weighted by atomic mass is 16.6. The predicted molar refractivity (Wildman–Crippen MR) is 131 cm³/mol. The number of nitrogens with zero attached hydrogens (tertiary/aromatic N) is 2. The van der Waals surface area contributed by atoms with E-state index in [1.54, 1.807) is 0 Å². The van der Waals surface area contributed by atoms with Crippen LogP contribution in [0.15, 0.2) is 72.8 Å². The fraction of sp³-hybridized carbons (Fsp3) is 0.185. The Labute approximate surface area is 211 Å². The highest BCUT2D eigenvalue weighted by Crippen LogP contribution is 2.26. The Morgan fingerprint density at radius 2 is 1.57 bits per heavy atom. The number of rotatable bonds is 8. The number of nitro groups is 1. The lowest BCUT2D eigenvalue weighted by Gasteiger charge is -2.16. The number of hydrogen-bond acceptors (Lipinski definition) is 8. The van der Waals surface area contributed by atoms with Crippen LogP contribution in [-0.4, -0.2) is 41.7 Å². The van der Waals surface area contributed by atoms with Crippen molar-refractivity contribution in [2.45, 2.75) is 13.3 Å². The maximum absolute atomic E-state index is 12.5. The molecule has 0 aromatic heterocycles. The number of benzene rings is 3. The van der Waals surface area contributed by atoms with Gasteiger partial charge in [-0.1, -0.05) is 17.7 Å². The van der Waals surface area contributed by atoms with Crippen LogP contribution in [0.1, 0.15) is 32.7 Å². The number of nitro benzene ring substituents is 1. The van der Waals surface area contributed by atoms with Gasteiger partial charge in [-0.15, -0.1) is 0 Å². The summed E-state index contributed by atoms with van der Waals surface area (Å²) in [6, 6.07) is 18.0. The lowest BCUT2D eigenvalue weighted by Crippen LogP contribution is -2.27. The minimum absolute atomic E-state index is 0.00965. The molecule has 0 spiro atoms. The third-order valence-electron chi connectivity index (χ3n) is 5.85. The van der Waals surface area contributed by atoms with Crippen molar-refractivity contribution in [3.8, 4) is 5.75 Å². The lowest BCUT2D eigenvalue weighted by atomic mass is 10.1. The molecule has 4 rings (SSSR count). The van der Waals surface area contributed by atoms with Gasteiger partial charge in [0.1, 0.15) is 5.75 Å². The van der Waals surface area contributed by atoms with Gasteiger partial charge in [-0.25, -0.2) is 4.79 Å². The predicted octanol–water partition coefficient (Wildman–Crippen LogP) is 3.90. The Kier molecular flexibility index (Phi) is 7.38. The van der Waals surface area contributed by atoms with Crippen LogP contribution in [0, 0.1) is 23.0 Å². The fourth-order valence-electron chi connectivity index (χ4n) is 3.77. The highest BCUT2D eigenvalue weighted by molar-refractivity contribution is 6.01. The maximum Gasteiger partial charge on any atom is 0.343 e. The van der Waals surface area contributed by atoms with Gasteiger partial charge >= 0.3 is 11.9 Å². The second-order valence-corrected chi connectivity index (χ2v) is 8.49. The van der Waals surface area contributed by atoms with Gasteiger partial charge < -0.3 is 14.4 Å². The zero-order valence-electron chi connectivity index (χ0n) is 19.8. The maximum atomic E-state index is 12.5. The van der Waals surface area contributed by atoms with Gasteiger partial charge in [0.25, 0.3) is 5.69 Å². The fourth-order valence-corrected chi connectivity index (χ4v) is 3.77. The van der Waals surface area contributed by atoms with E-state index in [0.717, 1.165) is 5.56 Å². The molecular weight excluding hydrogens is 480 g/mol. The first-order chi connectivity index (χ1) is 17.7. The summed E-state index contributed by atoms with van der Waals surface area (Å²) >= 11 is 0. The van der Waals surface area contributed by atoms with E-state index in [-0.39, 0.29) is 41.4 Å². The summed E-state index contributed by atoms with van der Waals surface area (Å²) in [5, 5.41) is 10.7. The van der Waals surface area contributed by atoms with Gasteiger partial charge in [-0.05, 0) is 55.5 Å². The Balaban J connectivity index is 1.28. The average molecular weight is 502 g/mol. The van der Waals surface area contributed by atoms with Gasteiger partial charge in [0.2, 0.25) is 5.91 Å². The van der Waals surface area contributed by atoms with Gasteiger partial charge in [0.15, 0.2) is 12.4 Å². The molecule has 0 unspecified atom stereocenters. The molecular formula is C27H22N2O8. The molecule has 1 aliphatic heterocycles. The largest absolute Gasteiger partial charge is 0.457 e. The molecule has 0 aliphatic carbocycles. The summed E-state index contributed by atoms with van der Waals surface area (Å²) in [5.41, 5.74) is 1.98. The zero-order valence-corrected chi connectivity index (χ0v) is 19.8. The number of Topliss-reactive ketones (excluding diaryl/α,β-unsaturated/α-hetero) is 1. The number of carbonyl (C=O) groups excluding carboxylic acids is 4. The van der Waals surface area contributed by atoms with Crippen molar-refractivity contribution in [2.75, 3.05) is 18.1 Å². The third-order valence-corrected chi connectivity index (χ3v) is 5.85. The Hall–Kier alpha value is -4.86. The van der Waals surface area contributed by atoms with Crippen LogP contribution in [0.4, 0.5) is 11.4 Å². The van der Waals surface area contributed by atoms with Crippen molar-refractivity contribution >= 4 is 35.0 Å². The van der Waals surface area contributed by atoms with E-state index in [0.29, 0.717) is 5.69 Å². The van der Waals surface area contributed by atoms with Crippen LogP contribution in [0.2, 0.25) is 0 Å². The molecule has 1 heterocycles. The van der Waals surface area contributed by atoms with Crippen LogP contribution in [-0.2, 0) is 14.3 Å². The lowest BCUT2D eigenvalue weighted by molar-refractivity contribution is -0.384. The molecule has 1 aliphatic rings. The second kappa shape index (κ2) is 10.8. The van der Waals surface area contributed by atoms with Crippen LogP contribution < -0.4 is 9.64 Å². The Bertz CT molecular complexity index is 1350. The number of ketones is 1. The molecule has 1 atom stereocenters. The SMILES string of the molecule is Cc1ccc(N2C[C@@H](C(=O)OCC(=O)c3ccc(OC(=O)c4ccc([N+](=O)[O-])cc4)cc3)CC2=O)cc1. The summed E-state index contributed by atoms with van der Waals surface area (Å²) in [4.78, 5) is 61.2. The molecule has 37 heavy (non-hydrogen) atoms. The molecule has 10 heteroatoms. The van der Waals surface area contributed by atoms with E-state index in [2.05, 4.69) is 0 Å². The highest BCUT2D eigenvalue weighted by Gasteiger charge is 2.36. The quantitative estimate of drug-likeness (QED) is 0.149. The first-order valence-corrected chi connectivity index (χ1v) is 11.3. The molecule has 1 saturated heterocycles. The standard InChI is InChI=1S/C27H22N2O8/c1-17-2-8-21(9-3-17)28-15-20(14-25(28)31)26(32)36-16-24(30)18-6-12-23(13-7-18)37-27(33)19-4-10-22(11-5-19)29(34)35/h2-13,20H,14-16H2,1H3/t20-/m0/s1. The summed E-state index contributed by atoms with van der Waals surface area (Å²) in [5.74, 6) is -2.48. The van der Waals surface area contributed by atoms with Crippen LogP contribution >= 0.6 is 0 Å². The minimum Gasteiger partial charge on any atom is -0.457 e. The van der Waals surface area contributed by atoms with Gasteiger partial charge in [-0.2, -0.15) is 0 Å². The van der Waals surface area contributed by atoms with E-state index < -0.39 is 35.2 Å².